The summed E-state index contributed by atoms with van der Waals surface area (Å²) in [6.45, 7) is 4.02. The molecule has 0 bridgehead atoms. The van der Waals surface area contributed by atoms with Gasteiger partial charge in [0, 0.05) is 54.3 Å². The second-order valence-corrected chi connectivity index (χ2v) is 13.7. The fourth-order valence-electron chi connectivity index (χ4n) is 7.15. The van der Waals surface area contributed by atoms with Crippen molar-refractivity contribution in [3.05, 3.63) is 82.3 Å². The van der Waals surface area contributed by atoms with Crippen LogP contribution in [-0.2, 0) is 11.2 Å². The van der Waals surface area contributed by atoms with Crippen LogP contribution in [0.5, 0.6) is 6.01 Å². The largest absolute Gasteiger partial charge is 0.462 e. The maximum atomic E-state index is 16.9. The minimum absolute atomic E-state index is 0.0213. The molecule has 256 valence electrons. The second-order valence-electron chi connectivity index (χ2n) is 12.7. The summed E-state index contributed by atoms with van der Waals surface area (Å²) in [5.41, 5.74) is 2.46. The van der Waals surface area contributed by atoms with Crippen LogP contribution in [0.3, 0.4) is 0 Å². The lowest BCUT2D eigenvalue weighted by Gasteiger charge is -2.41. The van der Waals surface area contributed by atoms with E-state index in [9.17, 15) is 10.1 Å². The maximum Gasteiger partial charge on any atom is 0.319 e. The van der Waals surface area contributed by atoms with Gasteiger partial charge in [-0.25, -0.2) is 13.8 Å². The topological polar surface area (TPSA) is 98.5 Å². The van der Waals surface area contributed by atoms with Crippen LogP contribution in [0.4, 0.5) is 14.6 Å². The number of nitriles is 1. The third-order valence-electron chi connectivity index (χ3n) is 9.78. The SMILES string of the molecule is CCc1cccc2cccc(-c3ccc4c(N5CCN(C(=O)/C(F)=C/c6nccs6)[C@@H](CC#N)C5)nc(OC[C@@H]5CCCN5C)nc4c3F)c12. The van der Waals surface area contributed by atoms with Crippen molar-refractivity contribution >= 4 is 50.8 Å². The normalized spacial score (nSPS) is 18.6. The second kappa shape index (κ2) is 14.5. The quantitative estimate of drug-likeness (QED) is 0.152. The Morgan fingerprint density at radius 3 is 2.68 bits per heavy atom. The number of likely N-dealkylation sites (tertiary alicyclic amines) is 1. The number of carbonyl (C=O) groups excluding carboxylic acids is 1. The van der Waals surface area contributed by atoms with Crippen LogP contribution >= 0.6 is 11.3 Å². The highest BCUT2D eigenvalue weighted by Crippen LogP contribution is 2.38. The van der Waals surface area contributed by atoms with E-state index in [-0.39, 0.29) is 43.6 Å². The van der Waals surface area contributed by atoms with Gasteiger partial charge >= 0.3 is 6.01 Å². The van der Waals surface area contributed by atoms with Crippen molar-refractivity contribution in [3.8, 4) is 23.2 Å². The van der Waals surface area contributed by atoms with E-state index >= 15 is 8.78 Å². The molecule has 3 aromatic carbocycles. The summed E-state index contributed by atoms with van der Waals surface area (Å²) in [5.74, 6) is -1.78. The van der Waals surface area contributed by atoms with E-state index in [1.54, 1.807) is 11.4 Å². The van der Waals surface area contributed by atoms with Crippen molar-refractivity contribution in [1.82, 2.24) is 24.8 Å². The zero-order valence-electron chi connectivity index (χ0n) is 28.0. The molecule has 0 N–H and O–H groups in total. The predicted octanol–water partition coefficient (Wildman–Crippen LogP) is 7.02. The standard InChI is InChI=1S/C38H37F2N7O2S/c1-3-24-7-4-8-25-9-5-11-28(33(24)25)29-12-13-30-35(34(29)40)43-38(49-23-27-10-6-17-45(27)2)44-36(30)46-18-19-47(26(22-46)14-15-41)37(48)31(39)21-32-42-16-20-50-32/h4-5,7-9,11-13,16,20-21,26-27H,3,6,10,14,17-19,22-23H2,1-2H3/b31-21-/t26-,27-/m0/s1. The van der Waals surface area contributed by atoms with E-state index in [0.717, 1.165) is 53.8 Å². The molecule has 12 heteroatoms. The van der Waals surface area contributed by atoms with E-state index in [0.29, 0.717) is 28.4 Å². The number of thiazole rings is 1. The third-order valence-corrected chi connectivity index (χ3v) is 10.5. The number of fused-ring (bicyclic) bond motifs is 2. The number of amides is 1. The Morgan fingerprint density at radius 1 is 1.10 bits per heavy atom. The highest BCUT2D eigenvalue weighted by Gasteiger charge is 2.34. The minimum Gasteiger partial charge on any atom is -0.462 e. The van der Waals surface area contributed by atoms with Crippen LogP contribution in [0.1, 0.15) is 36.8 Å². The maximum absolute atomic E-state index is 16.9. The Morgan fingerprint density at radius 2 is 1.94 bits per heavy atom. The molecular formula is C38H37F2N7O2S. The van der Waals surface area contributed by atoms with Gasteiger partial charge in [-0.1, -0.05) is 49.4 Å². The van der Waals surface area contributed by atoms with Gasteiger partial charge in [-0.3, -0.25) is 4.79 Å². The molecule has 5 aromatic rings. The summed E-state index contributed by atoms with van der Waals surface area (Å²) in [5, 5.41) is 14.3. The molecule has 0 spiro atoms. The number of hydrogen-bond acceptors (Lipinski definition) is 9. The van der Waals surface area contributed by atoms with Gasteiger partial charge in [-0.05, 0) is 60.8 Å². The molecule has 0 unspecified atom stereocenters. The fraction of sp³-hybridized carbons (Fsp3) is 0.342. The first-order chi connectivity index (χ1) is 24.4. The van der Waals surface area contributed by atoms with Crippen LogP contribution in [0.15, 0.2) is 65.9 Å². The highest BCUT2D eigenvalue weighted by molar-refractivity contribution is 7.10. The molecule has 2 fully saturated rings. The Bertz CT molecular complexity index is 2110. The smallest absolute Gasteiger partial charge is 0.319 e. The molecular weight excluding hydrogens is 657 g/mol. The van der Waals surface area contributed by atoms with Gasteiger partial charge in [0.15, 0.2) is 11.6 Å². The summed E-state index contributed by atoms with van der Waals surface area (Å²) in [4.78, 5) is 32.3. The Kier molecular flexibility index (Phi) is 9.70. The van der Waals surface area contributed by atoms with Gasteiger partial charge in [0.05, 0.1) is 18.5 Å². The zero-order valence-corrected chi connectivity index (χ0v) is 28.8. The Balaban J connectivity index is 1.28. The number of aryl methyl sites for hydroxylation is 1. The van der Waals surface area contributed by atoms with Crippen molar-refractivity contribution < 1.29 is 18.3 Å². The number of hydrogen-bond donors (Lipinski definition) is 0. The lowest BCUT2D eigenvalue weighted by Crippen LogP contribution is -2.55. The number of rotatable bonds is 9. The van der Waals surface area contributed by atoms with Gasteiger partial charge in [0.2, 0.25) is 0 Å². The summed E-state index contributed by atoms with van der Waals surface area (Å²) in [6, 6.07) is 17.4. The van der Waals surface area contributed by atoms with E-state index in [1.165, 1.54) is 22.4 Å². The molecule has 2 aliphatic heterocycles. The zero-order chi connectivity index (χ0) is 34.8. The lowest BCUT2D eigenvalue weighted by molar-refractivity contribution is -0.131. The number of aromatic nitrogens is 3. The number of anilines is 1. The average molecular weight is 694 g/mol. The molecule has 2 atom stereocenters. The van der Waals surface area contributed by atoms with E-state index in [1.807, 2.05) is 41.3 Å². The van der Waals surface area contributed by atoms with Crippen molar-refractivity contribution in [2.75, 3.05) is 44.7 Å². The molecule has 4 heterocycles. The van der Waals surface area contributed by atoms with Gasteiger partial charge in [-0.15, -0.1) is 11.3 Å². The number of piperazine rings is 1. The van der Waals surface area contributed by atoms with E-state index in [4.69, 9.17) is 9.72 Å². The molecule has 9 nitrogen and oxygen atoms in total. The Hall–Kier alpha value is -4.99. The number of halogens is 2. The number of nitrogens with zero attached hydrogens (tertiary/aromatic N) is 7. The van der Waals surface area contributed by atoms with Crippen LogP contribution in [0.25, 0.3) is 38.9 Å². The van der Waals surface area contributed by atoms with Crippen LogP contribution in [0, 0.1) is 17.1 Å². The molecule has 2 saturated heterocycles. The monoisotopic (exact) mass is 693 g/mol. The lowest BCUT2D eigenvalue weighted by atomic mass is 9.93. The first kappa shape index (κ1) is 33.5. The van der Waals surface area contributed by atoms with E-state index < -0.39 is 23.6 Å². The number of likely N-dealkylation sites (N-methyl/N-ethyl adjacent to an activating group) is 1. The molecule has 2 aromatic heterocycles. The molecule has 2 aliphatic rings. The summed E-state index contributed by atoms with van der Waals surface area (Å²) >= 11 is 1.22. The van der Waals surface area contributed by atoms with Gasteiger partial charge in [0.25, 0.3) is 5.91 Å². The van der Waals surface area contributed by atoms with Crippen molar-refractivity contribution in [2.45, 2.75) is 44.7 Å². The molecule has 0 saturated carbocycles. The fourth-order valence-corrected chi connectivity index (χ4v) is 7.70. The van der Waals surface area contributed by atoms with Crippen LogP contribution < -0.4 is 9.64 Å². The van der Waals surface area contributed by atoms with Crippen LogP contribution in [-0.4, -0.2) is 82.6 Å². The van der Waals surface area contributed by atoms with Crippen molar-refractivity contribution in [1.29, 1.82) is 5.26 Å². The number of benzene rings is 3. The molecule has 7 rings (SSSR count). The average Bonchev–Trinajstić information content (AvgIpc) is 3.81. The highest BCUT2D eigenvalue weighted by atomic mass is 32.1. The summed E-state index contributed by atoms with van der Waals surface area (Å²) < 4.78 is 38.2. The molecule has 1 amide bonds. The first-order valence-corrected chi connectivity index (χ1v) is 17.8. The molecule has 0 aliphatic carbocycles. The molecule has 0 radical (unpaired) electrons. The van der Waals surface area contributed by atoms with Gasteiger partial charge in [0.1, 0.15) is 22.9 Å². The first-order valence-electron chi connectivity index (χ1n) is 16.9. The molecule has 50 heavy (non-hydrogen) atoms. The van der Waals surface area contributed by atoms with Crippen molar-refractivity contribution in [3.63, 3.8) is 0 Å². The predicted molar refractivity (Wildman–Crippen MR) is 192 cm³/mol. The number of carbonyl (C=O) groups is 1. The van der Waals surface area contributed by atoms with Crippen LogP contribution in [0.2, 0.25) is 0 Å². The number of ether oxygens (including phenoxy) is 1. The van der Waals surface area contributed by atoms with E-state index in [2.05, 4.69) is 41.0 Å². The van der Waals surface area contributed by atoms with Crippen molar-refractivity contribution in [2.24, 2.45) is 0 Å². The Labute approximate surface area is 293 Å². The summed E-state index contributed by atoms with van der Waals surface area (Å²) in [7, 11) is 2.06. The third kappa shape index (κ3) is 6.51. The minimum atomic E-state index is -0.939. The van der Waals surface area contributed by atoms with Gasteiger partial charge < -0.3 is 19.4 Å². The summed E-state index contributed by atoms with van der Waals surface area (Å²) in [6.07, 6.45) is 5.48. The van der Waals surface area contributed by atoms with Gasteiger partial charge in [-0.2, -0.15) is 15.2 Å².